The normalized spacial score (nSPS) is 11.2. The van der Waals surface area contributed by atoms with Crippen molar-refractivity contribution in [2.24, 2.45) is 0 Å². The van der Waals surface area contributed by atoms with Crippen LogP contribution in [-0.4, -0.2) is 18.4 Å². The number of nitrogens with one attached hydrogen (secondary N) is 2. The molecule has 0 fully saturated rings. The van der Waals surface area contributed by atoms with Crippen LogP contribution in [-0.2, 0) is 10.0 Å². The molecular formula is C21H18N4O2S2. The number of aryl methyl sites for hydroxylation is 1. The molecule has 0 radical (unpaired) electrons. The lowest BCUT2D eigenvalue weighted by Crippen LogP contribution is -2.12. The van der Waals surface area contributed by atoms with Crippen LogP contribution in [0.4, 0.5) is 16.5 Å². The van der Waals surface area contributed by atoms with Gasteiger partial charge in [-0.25, -0.2) is 13.4 Å². The van der Waals surface area contributed by atoms with E-state index in [0.717, 1.165) is 27.6 Å². The Balaban J connectivity index is 1.44. The Morgan fingerprint density at radius 1 is 0.862 bits per heavy atom. The average molecular weight is 423 g/mol. The zero-order valence-electron chi connectivity index (χ0n) is 15.5. The number of hydrogen-bond acceptors (Lipinski definition) is 6. The molecule has 29 heavy (non-hydrogen) atoms. The standard InChI is InChI=1S/C21H18N4O2S2/c1-15-2-8-19(9-3-15)29(26,27)25-18-6-4-17(5-7-18)23-21-24-20(14-28-21)16-10-12-22-13-11-16/h2-14,25H,1H3,(H,23,24). The van der Waals surface area contributed by atoms with Crippen LogP contribution < -0.4 is 10.0 Å². The number of rotatable bonds is 6. The topological polar surface area (TPSA) is 84.0 Å². The monoisotopic (exact) mass is 422 g/mol. The fourth-order valence-electron chi connectivity index (χ4n) is 2.66. The van der Waals surface area contributed by atoms with Crippen LogP contribution >= 0.6 is 11.3 Å². The van der Waals surface area contributed by atoms with Gasteiger partial charge in [-0.1, -0.05) is 17.7 Å². The van der Waals surface area contributed by atoms with Crippen LogP contribution in [0.5, 0.6) is 0 Å². The second kappa shape index (κ2) is 8.02. The Hall–Kier alpha value is -3.23. The molecule has 2 heterocycles. The van der Waals surface area contributed by atoms with E-state index in [4.69, 9.17) is 0 Å². The third-order valence-electron chi connectivity index (χ3n) is 4.20. The van der Waals surface area contributed by atoms with Gasteiger partial charge in [-0.15, -0.1) is 11.3 Å². The zero-order chi connectivity index (χ0) is 20.3. The van der Waals surface area contributed by atoms with E-state index in [0.29, 0.717) is 5.69 Å². The smallest absolute Gasteiger partial charge is 0.261 e. The third kappa shape index (κ3) is 4.61. The molecule has 0 saturated heterocycles. The first-order chi connectivity index (χ1) is 14.0. The molecule has 0 saturated carbocycles. The molecule has 0 unspecified atom stereocenters. The number of aromatic nitrogens is 2. The number of pyridine rings is 1. The van der Waals surface area contributed by atoms with Crippen LogP contribution in [0, 0.1) is 6.92 Å². The molecule has 0 aliphatic rings. The molecule has 6 nitrogen and oxygen atoms in total. The highest BCUT2D eigenvalue weighted by Crippen LogP contribution is 2.27. The number of thiazole rings is 1. The van der Waals surface area contributed by atoms with Gasteiger partial charge >= 0.3 is 0 Å². The Kier molecular flexibility index (Phi) is 5.28. The first kappa shape index (κ1) is 19.1. The van der Waals surface area contributed by atoms with E-state index in [9.17, 15) is 8.42 Å². The van der Waals surface area contributed by atoms with Gasteiger partial charge in [0.25, 0.3) is 10.0 Å². The Morgan fingerprint density at radius 2 is 1.52 bits per heavy atom. The van der Waals surface area contributed by atoms with Crippen molar-refractivity contribution in [3.8, 4) is 11.3 Å². The highest BCUT2D eigenvalue weighted by Gasteiger charge is 2.13. The molecule has 0 atom stereocenters. The van der Waals surface area contributed by atoms with E-state index >= 15 is 0 Å². The molecule has 2 aromatic heterocycles. The lowest BCUT2D eigenvalue weighted by Gasteiger charge is -2.09. The van der Waals surface area contributed by atoms with Crippen molar-refractivity contribution in [2.75, 3.05) is 10.0 Å². The van der Waals surface area contributed by atoms with Gasteiger partial charge in [-0.05, 0) is 55.5 Å². The maximum Gasteiger partial charge on any atom is 0.261 e. The Bertz CT molecular complexity index is 1200. The van der Waals surface area contributed by atoms with Crippen molar-refractivity contribution < 1.29 is 8.42 Å². The molecule has 4 aromatic rings. The van der Waals surface area contributed by atoms with Gasteiger partial charge in [0.15, 0.2) is 5.13 Å². The van der Waals surface area contributed by atoms with Gasteiger partial charge in [0, 0.05) is 34.7 Å². The first-order valence-electron chi connectivity index (χ1n) is 8.82. The molecule has 0 spiro atoms. The average Bonchev–Trinajstić information content (AvgIpc) is 3.19. The summed E-state index contributed by atoms with van der Waals surface area (Å²) in [6.07, 6.45) is 3.47. The minimum absolute atomic E-state index is 0.233. The molecule has 2 aromatic carbocycles. The summed E-state index contributed by atoms with van der Waals surface area (Å²) in [6.45, 7) is 1.91. The molecule has 4 rings (SSSR count). The maximum absolute atomic E-state index is 12.5. The summed E-state index contributed by atoms with van der Waals surface area (Å²) in [5, 5.41) is 5.96. The van der Waals surface area contributed by atoms with Crippen molar-refractivity contribution in [3.63, 3.8) is 0 Å². The fourth-order valence-corrected chi connectivity index (χ4v) is 4.46. The van der Waals surface area contributed by atoms with Crippen LogP contribution in [0.1, 0.15) is 5.56 Å². The first-order valence-corrected chi connectivity index (χ1v) is 11.2. The van der Waals surface area contributed by atoms with Crippen molar-refractivity contribution in [2.45, 2.75) is 11.8 Å². The molecule has 0 amide bonds. The van der Waals surface area contributed by atoms with Crippen molar-refractivity contribution in [3.05, 3.63) is 84.0 Å². The van der Waals surface area contributed by atoms with E-state index in [1.165, 1.54) is 11.3 Å². The maximum atomic E-state index is 12.5. The van der Waals surface area contributed by atoms with Gasteiger partial charge < -0.3 is 5.32 Å². The minimum atomic E-state index is -3.61. The molecular weight excluding hydrogens is 404 g/mol. The summed E-state index contributed by atoms with van der Waals surface area (Å²) < 4.78 is 27.6. The molecule has 0 bridgehead atoms. The van der Waals surface area contributed by atoms with Crippen LogP contribution in [0.15, 0.2) is 83.3 Å². The lowest BCUT2D eigenvalue weighted by molar-refractivity contribution is 0.601. The summed E-state index contributed by atoms with van der Waals surface area (Å²) in [5.74, 6) is 0. The summed E-state index contributed by atoms with van der Waals surface area (Å²) >= 11 is 1.50. The highest BCUT2D eigenvalue weighted by molar-refractivity contribution is 7.92. The summed E-state index contributed by atoms with van der Waals surface area (Å²) in [7, 11) is -3.61. The van der Waals surface area contributed by atoms with E-state index in [1.54, 1.807) is 60.9 Å². The molecule has 2 N–H and O–H groups in total. The molecule has 8 heteroatoms. The van der Waals surface area contributed by atoms with E-state index in [-0.39, 0.29) is 4.90 Å². The number of anilines is 3. The number of benzene rings is 2. The highest BCUT2D eigenvalue weighted by atomic mass is 32.2. The molecule has 0 aliphatic heterocycles. The fraction of sp³-hybridized carbons (Fsp3) is 0.0476. The molecule has 146 valence electrons. The van der Waals surface area contributed by atoms with Crippen LogP contribution in [0.3, 0.4) is 0 Å². The minimum Gasteiger partial charge on any atom is -0.332 e. The zero-order valence-corrected chi connectivity index (χ0v) is 17.2. The van der Waals surface area contributed by atoms with Crippen molar-refractivity contribution in [1.29, 1.82) is 0 Å². The predicted octanol–water partition coefficient (Wildman–Crippen LogP) is 5.06. The van der Waals surface area contributed by atoms with E-state index in [1.807, 2.05) is 24.4 Å². The predicted molar refractivity (Wildman–Crippen MR) is 117 cm³/mol. The summed E-state index contributed by atoms with van der Waals surface area (Å²) in [6, 6.07) is 17.6. The Labute approximate surface area is 173 Å². The van der Waals surface area contributed by atoms with E-state index in [2.05, 4.69) is 20.0 Å². The number of nitrogens with zero attached hydrogens (tertiary/aromatic N) is 2. The second-order valence-corrected chi connectivity index (χ2v) is 8.94. The largest absolute Gasteiger partial charge is 0.332 e. The van der Waals surface area contributed by atoms with Gasteiger partial charge in [-0.3, -0.25) is 9.71 Å². The van der Waals surface area contributed by atoms with Gasteiger partial charge in [-0.2, -0.15) is 0 Å². The second-order valence-electron chi connectivity index (χ2n) is 6.39. The number of hydrogen-bond donors (Lipinski definition) is 2. The van der Waals surface area contributed by atoms with Crippen molar-refractivity contribution in [1.82, 2.24) is 9.97 Å². The SMILES string of the molecule is Cc1ccc(S(=O)(=O)Nc2ccc(Nc3nc(-c4ccncc4)cs3)cc2)cc1. The summed E-state index contributed by atoms with van der Waals surface area (Å²) in [4.78, 5) is 8.82. The quantitative estimate of drug-likeness (QED) is 0.454. The lowest BCUT2D eigenvalue weighted by atomic mass is 10.2. The number of sulfonamides is 1. The van der Waals surface area contributed by atoms with Crippen LogP contribution in [0.2, 0.25) is 0 Å². The van der Waals surface area contributed by atoms with Crippen molar-refractivity contribution >= 4 is 37.9 Å². The van der Waals surface area contributed by atoms with Gasteiger partial charge in [0.1, 0.15) is 0 Å². The third-order valence-corrected chi connectivity index (χ3v) is 6.35. The van der Waals surface area contributed by atoms with E-state index < -0.39 is 10.0 Å². The van der Waals surface area contributed by atoms with Gasteiger partial charge in [0.05, 0.1) is 10.6 Å². The Morgan fingerprint density at radius 3 is 2.21 bits per heavy atom. The van der Waals surface area contributed by atoms with Gasteiger partial charge in [0.2, 0.25) is 0 Å². The van der Waals surface area contributed by atoms with Crippen LogP contribution in [0.25, 0.3) is 11.3 Å². The molecule has 0 aliphatic carbocycles. The summed E-state index contributed by atoms with van der Waals surface area (Å²) in [5.41, 5.74) is 4.20.